The van der Waals surface area contributed by atoms with E-state index in [2.05, 4.69) is 9.71 Å². The minimum atomic E-state index is -3.86. The molecule has 0 unspecified atom stereocenters. The van der Waals surface area contributed by atoms with Gasteiger partial charge in [-0.3, -0.25) is 0 Å². The third-order valence-electron chi connectivity index (χ3n) is 3.53. The first-order valence-electron chi connectivity index (χ1n) is 6.79. The molecule has 1 aliphatic rings. The highest BCUT2D eigenvalue weighted by Crippen LogP contribution is 2.28. The first-order valence-corrected chi connectivity index (χ1v) is 8.23. The van der Waals surface area contributed by atoms with Crippen molar-refractivity contribution in [2.45, 2.75) is 4.90 Å². The molecule has 7 heteroatoms. The number of hydrogen-bond donors (Lipinski definition) is 1. The fraction of sp³-hybridized carbons (Fsp3) is 0. The van der Waals surface area contributed by atoms with E-state index in [1.165, 1.54) is 6.07 Å². The van der Waals surface area contributed by atoms with Crippen LogP contribution in [-0.4, -0.2) is 14.3 Å². The smallest absolute Gasteiger partial charge is 0.347 e. The molecule has 3 aromatic rings. The maximum atomic E-state index is 12.3. The molecule has 0 saturated carbocycles. The van der Waals surface area contributed by atoms with Crippen molar-refractivity contribution in [3.8, 4) is 0 Å². The van der Waals surface area contributed by atoms with Gasteiger partial charge in [0, 0.05) is 5.39 Å². The van der Waals surface area contributed by atoms with Crippen LogP contribution in [-0.2, 0) is 10.0 Å². The molecule has 0 atom stereocenters. The van der Waals surface area contributed by atoms with Crippen LogP contribution in [0.15, 0.2) is 73.1 Å². The topological polar surface area (TPSA) is 88.7 Å². The van der Waals surface area contributed by atoms with Gasteiger partial charge in [-0.15, -0.1) is 4.40 Å². The Bertz CT molecular complexity index is 1130. The van der Waals surface area contributed by atoms with Gasteiger partial charge in [0.05, 0.1) is 5.69 Å². The fourth-order valence-corrected chi connectivity index (χ4v) is 3.59. The molecule has 0 amide bonds. The van der Waals surface area contributed by atoms with Crippen molar-refractivity contribution in [3.05, 3.63) is 70.6 Å². The van der Waals surface area contributed by atoms with Crippen molar-refractivity contribution < 1.29 is 12.8 Å². The van der Waals surface area contributed by atoms with Gasteiger partial charge in [0.25, 0.3) is 10.0 Å². The van der Waals surface area contributed by atoms with Gasteiger partial charge in [0.15, 0.2) is 5.84 Å². The Labute approximate surface area is 131 Å². The lowest BCUT2D eigenvalue weighted by Crippen LogP contribution is -2.27. The maximum Gasteiger partial charge on any atom is 0.347 e. The molecule has 0 radical (unpaired) electrons. The Kier molecular flexibility index (Phi) is 2.85. The summed E-state index contributed by atoms with van der Waals surface area (Å²) in [6.07, 6.45) is 0. The molecule has 4 rings (SSSR count). The van der Waals surface area contributed by atoms with Crippen molar-refractivity contribution in [3.63, 3.8) is 0 Å². The highest BCUT2D eigenvalue weighted by molar-refractivity contribution is 7.90. The predicted octanol–water partition coefficient (Wildman–Crippen LogP) is 2.35. The quantitative estimate of drug-likeness (QED) is 0.693. The van der Waals surface area contributed by atoms with Gasteiger partial charge in [-0.1, -0.05) is 30.3 Å². The number of amidine groups is 1. The van der Waals surface area contributed by atoms with Gasteiger partial charge in [-0.25, -0.2) is 4.79 Å². The highest BCUT2D eigenvalue weighted by Gasteiger charge is 2.26. The number of fused-ring (bicyclic) bond motifs is 2. The van der Waals surface area contributed by atoms with E-state index in [-0.39, 0.29) is 16.3 Å². The zero-order chi connectivity index (χ0) is 16.0. The Balaban J connectivity index is 1.94. The third kappa shape index (κ3) is 2.22. The molecule has 2 aromatic carbocycles. The van der Waals surface area contributed by atoms with E-state index in [0.29, 0.717) is 16.7 Å². The van der Waals surface area contributed by atoms with Crippen LogP contribution in [0.4, 0.5) is 5.69 Å². The van der Waals surface area contributed by atoms with Crippen LogP contribution in [0.3, 0.4) is 0 Å². The zero-order valence-corrected chi connectivity index (χ0v) is 12.5. The summed E-state index contributed by atoms with van der Waals surface area (Å²) in [7, 11) is -3.86. The summed E-state index contributed by atoms with van der Waals surface area (Å²) in [5, 5.41) is 3.57. The van der Waals surface area contributed by atoms with Gasteiger partial charge >= 0.3 is 5.63 Å². The Morgan fingerprint density at radius 2 is 1.74 bits per heavy atom. The number of benzene rings is 2. The first kappa shape index (κ1) is 13.7. The van der Waals surface area contributed by atoms with Crippen LogP contribution in [0.1, 0.15) is 5.56 Å². The van der Waals surface area contributed by atoms with Crippen LogP contribution in [0, 0.1) is 0 Å². The molecule has 1 aromatic heterocycles. The van der Waals surface area contributed by atoms with Crippen molar-refractivity contribution >= 4 is 32.5 Å². The van der Waals surface area contributed by atoms with E-state index in [4.69, 9.17) is 4.42 Å². The van der Waals surface area contributed by atoms with Crippen LogP contribution in [0.25, 0.3) is 11.0 Å². The summed E-state index contributed by atoms with van der Waals surface area (Å²) >= 11 is 0. The number of hydrogen-bond acceptors (Lipinski definition) is 5. The fourth-order valence-electron chi connectivity index (χ4n) is 2.46. The normalized spacial score (nSPS) is 15.6. The highest BCUT2D eigenvalue weighted by atomic mass is 32.2. The van der Waals surface area contributed by atoms with Crippen LogP contribution >= 0.6 is 0 Å². The van der Waals surface area contributed by atoms with Crippen molar-refractivity contribution in [1.82, 2.24) is 0 Å². The molecule has 0 fully saturated rings. The second kappa shape index (κ2) is 4.79. The SMILES string of the molecule is O=c1oc2ccccc2cc1C1=NS(=O)(=O)c2ccccc2N1. The van der Waals surface area contributed by atoms with E-state index in [1.54, 1.807) is 48.5 Å². The lowest BCUT2D eigenvalue weighted by atomic mass is 10.1. The predicted molar refractivity (Wildman–Crippen MR) is 86.3 cm³/mol. The lowest BCUT2D eigenvalue weighted by molar-refractivity contribution is 0.559. The van der Waals surface area contributed by atoms with E-state index >= 15 is 0 Å². The first-order chi connectivity index (χ1) is 11.0. The number of rotatable bonds is 1. The lowest BCUT2D eigenvalue weighted by Gasteiger charge is -2.17. The molecule has 0 aliphatic carbocycles. The van der Waals surface area contributed by atoms with Gasteiger partial charge < -0.3 is 9.73 Å². The summed E-state index contributed by atoms with van der Waals surface area (Å²) in [4.78, 5) is 12.3. The molecule has 6 nitrogen and oxygen atoms in total. The molecule has 0 spiro atoms. The summed E-state index contributed by atoms with van der Waals surface area (Å²) < 4.78 is 33.5. The Morgan fingerprint density at radius 1 is 1.00 bits per heavy atom. The monoisotopic (exact) mass is 326 g/mol. The van der Waals surface area contributed by atoms with Crippen molar-refractivity contribution in [2.75, 3.05) is 5.32 Å². The molecule has 114 valence electrons. The van der Waals surface area contributed by atoms with E-state index in [1.807, 2.05) is 0 Å². The molecule has 0 bridgehead atoms. The summed E-state index contributed by atoms with van der Waals surface area (Å²) in [5.74, 6) is -0.0387. The third-order valence-corrected chi connectivity index (χ3v) is 4.86. The number of nitrogens with one attached hydrogen (secondary N) is 1. The van der Waals surface area contributed by atoms with Crippen LogP contribution in [0.2, 0.25) is 0 Å². The Morgan fingerprint density at radius 3 is 2.61 bits per heavy atom. The van der Waals surface area contributed by atoms with Crippen LogP contribution < -0.4 is 10.9 Å². The maximum absolute atomic E-state index is 12.3. The van der Waals surface area contributed by atoms with E-state index in [0.717, 1.165) is 0 Å². The van der Waals surface area contributed by atoms with Gasteiger partial charge in [-0.2, -0.15) is 8.42 Å². The molecular formula is C16H10N2O4S. The number of sulfonamides is 1. The summed E-state index contributed by atoms with van der Waals surface area (Å²) in [6.45, 7) is 0. The van der Waals surface area contributed by atoms with Gasteiger partial charge in [0.2, 0.25) is 0 Å². The summed E-state index contributed by atoms with van der Waals surface area (Å²) in [6, 6.07) is 14.9. The molecule has 2 heterocycles. The zero-order valence-electron chi connectivity index (χ0n) is 11.7. The molecule has 1 aliphatic heterocycles. The second-order valence-electron chi connectivity index (χ2n) is 5.02. The van der Waals surface area contributed by atoms with Crippen molar-refractivity contribution in [2.24, 2.45) is 4.40 Å². The molecule has 0 saturated heterocycles. The molecule has 1 N–H and O–H groups in total. The second-order valence-corrected chi connectivity index (χ2v) is 6.59. The number of anilines is 1. The molecular weight excluding hydrogens is 316 g/mol. The van der Waals surface area contributed by atoms with Gasteiger partial charge in [0.1, 0.15) is 16.0 Å². The van der Waals surface area contributed by atoms with Crippen LogP contribution in [0.5, 0.6) is 0 Å². The van der Waals surface area contributed by atoms with Crippen molar-refractivity contribution in [1.29, 1.82) is 0 Å². The Hall–Kier alpha value is -2.93. The minimum absolute atomic E-state index is 0.0387. The average molecular weight is 326 g/mol. The minimum Gasteiger partial charge on any atom is -0.422 e. The average Bonchev–Trinajstić information content (AvgIpc) is 2.53. The standard InChI is InChI=1S/C16H10N2O4S/c19-16-11(9-10-5-1-3-7-13(10)22-16)15-17-12-6-2-4-8-14(12)23(20,21)18-15/h1-9H,(H,17,18). The van der Waals surface area contributed by atoms with E-state index < -0.39 is 15.6 Å². The summed E-state index contributed by atoms with van der Waals surface area (Å²) in [5.41, 5.74) is 0.234. The molecule has 23 heavy (non-hydrogen) atoms. The number of nitrogens with zero attached hydrogens (tertiary/aromatic N) is 1. The largest absolute Gasteiger partial charge is 0.422 e. The number of para-hydroxylation sites is 2. The van der Waals surface area contributed by atoms with Gasteiger partial charge in [-0.05, 0) is 24.3 Å². The van der Waals surface area contributed by atoms with E-state index in [9.17, 15) is 13.2 Å².